The van der Waals surface area contributed by atoms with Gasteiger partial charge in [0, 0.05) is 0 Å². The molecule has 0 atom stereocenters. The van der Waals surface area contributed by atoms with Crippen molar-refractivity contribution in [2.24, 2.45) is 5.41 Å². The number of hydrogen-bond acceptors (Lipinski definition) is 1. The Labute approximate surface area is 168 Å². The number of ketones is 1. The molecule has 1 nitrogen and oxygen atoms in total. The van der Waals surface area contributed by atoms with E-state index in [0.717, 1.165) is 11.1 Å². The van der Waals surface area contributed by atoms with Crippen molar-refractivity contribution in [1.82, 2.24) is 0 Å². The third-order valence-corrected chi connectivity index (χ3v) is 3.64. The Bertz CT molecular complexity index is 757. The van der Waals surface area contributed by atoms with Gasteiger partial charge in [-0.3, -0.25) is 0 Å². The summed E-state index contributed by atoms with van der Waals surface area (Å²) in [7, 11) is 0. The van der Waals surface area contributed by atoms with E-state index in [0.29, 0.717) is 5.41 Å². The molecule has 3 rings (SSSR count). The molecule has 0 saturated carbocycles. The molecule has 0 bridgehead atoms. The molecular formula is C24H26FeO. The van der Waals surface area contributed by atoms with E-state index in [1.165, 1.54) is 12.0 Å². The standard InChI is InChI=1S/C14H11O.C10H15.Fe/c15-14(13-8-4-5-9-13)11-10-12-6-2-1-3-7-12;1-10(2,3)8-9-6-4-5-7-9;/h1-11H;4-7H,8H2,1-3H3;/q2*-1;+2. The molecule has 0 aliphatic carbocycles. The summed E-state index contributed by atoms with van der Waals surface area (Å²) < 4.78 is 0. The molecule has 0 saturated heterocycles. The Morgan fingerprint density at radius 3 is 1.96 bits per heavy atom. The fraction of sp³-hybridized carbons (Fsp3) is 0.208. The molecule has 2 heteroatoms. The van der Waals surface area contributed by atoms with Crippen LogP contribution in [0.1, 0.15) is 42.3 Å². The third-order valence-electron chi connectivity index (χ3n) is 3.64. The van der Waals surface area contributed by atoms with Gasteiger partial charge in [0.05, 0.1) is 0 Å². The van der Waals surface area contributed by atoms with Crippen molar-refractivity contribution in [1.29, 1.82) is 0 Å². The van der Waals surface area contributed by atoms with E-state index in [2.05, 4.69) is 45.0 Å². The number of rotatable bonds is 4. The molecule has 3 aromatic carbocycles. The van der Waals surface area contributed by atoms with Gasteiger partial charge in [-0.15, -0.1) is 12.1 Å². The van der Waals surface area contributed by atoms with Crippen molar-refractivity contribution < 1.29 is 21.9 Å². The van der Waals surface area contributed by atoms with Crippen molar-refractivity contribution in [2.45, 2.75) is 27.2 Å². The monoisotopic (exact) mass is 386 g/mol. The SMILES string of the molecule is CC(C)(C)C[c-]1cccc1.O=C(C=Cc1ccccc1)[c-]1cccc1.[Fe+2]. The van der Waals surface area contributed by atoms with Crippen LogP contribution in [0, 0.1) is 5.41 Å². The van der Waals surface area contributed by atoms with Crippen molar-refractivity contribution in [3.63, 3.8) is 0 Å². The van der Waals surface area contributed by atoms with E-state index in [4.69, 9.17) is 0 Å². The Morgan fingerprint density at radius 2 is 1.42 bits per heavy atom. The molecule has 0 unspecified atom stereocenters. The predicted molar refractivity (Wildman–Crippen MR) is 107 cm³/mol. The smallest absolute Gasteiger partial charge is 0.311 e. The molecule has 0 spiro atoms. The van der Waals surface area contributed by atoms with Crippen molar-refractivity contribution in [3.8, 4) is 0 Å². The molecule has 0 heterocycles. The molecule has 0 N–H and O–H groups in total. The maximum Gasteiger partial charge on any atom is 2.00 e. The minimum atomic E-state index is 0. The van der Waals surface area contributed by atoms with Gasteiger partial charge in [0.15, 0.2) is 0 Å². The van der Waals surface area contributed by atoms with Crippen LogP contribution in [0.25, 0.3) is 6.08 Å². The Balaban J connectivity index is 0.000000270. The first-order chi connectivity index (χ1) is 11.9. The van der Waals surface area contributed by atoms with E-state index < -0.39 is 0 Å². The van der Waals surface area contributed by atoms with Crippen LogP contribution < -0.4 is 0 Å². The van der Waals surface area contributed by atoms with Gasteiger partial charge in [0.2, 0.25) is 0 Å². The Kier molecular flexibility index (Phi) is 9.05. The van der Waals surface area contributed by atoms with Crippen LogP contribution in [0.4, 0.5) is 0 Å². The zero-order chi connectivity index (χ0) is 18.1. The van der Waals surface area contributed by atoms with E-state index in [1.54, 1.807) is 6.08 Å². The van der Waals surface area contributed by atoms with E-state index >= 15 is 0 Å². The molecule has 0 fully saturated rings. The van der Waals surface area contributed by atoms with Crippen LogP contribution in [0.3, 0.4) is 0 Å². The minimum absolute atomic E-state index is 0. The number of benzene rings is 1. The zero-order valence-electron chi connectivity index (χ0n) is 15.6. The fourth-order valence-electron chi connectivity index (χ4n) is 2.51. The quantitative estimate of drug-likeness (QED) is 0.223. The maximum atomic E-state index is 11.6. The molecule has 0 aliphatic rings. The molecular weight excluding hydrogens is 360 g/mol. The first kappa shape index (κ1) is 21.9. The minimum Gasteiger partial charge on any atom is -0.311 e. The molecule has 0 aliphatic heterocycles. The zero-order valence-corrected chi connectivity index (χ0v) is 16.7. The average molecular weight is 386 g/mol. The molecule has 0 amide bonds. The molecule has 3 aromatic rings. The molecule has 0 aromatic heterocycles. The van der Waals surface area contributed by atoms with Crippen LogP contribution in [0.2, 0.25) is 0 Å². The van der Waals surface area contributed by atoms with Gasteiger partial charge in [0.25, 0.3) is 0 Å². The Morgan fingerprint density at radius 1 is 0.885 bits per heavy atom. The summed E-state index contributed by atoms with van der Waals surface area (Å²) in [6.07, 6.45) is 4.61. The summed E-state index contributed by atoms with van der Waals surface area (Å²) in [5.41, 5.74) is 3.65. The van der Waals surface area contributed by atoms with Crippen molar-refractivity contribution in [3.05, 3.63) is 102 Å². The van der Waals surface area contributed by atoms with E-state index in [-0.39, 0.29) is 22.9 Å². The normalized spacial score (nSPS) is 10.7. The largest absolute Gasteiger partial charge is 2.00 e. The van der Waals surface area contributed by atoms with Gasteiger partial charge in [-0.2, -0.15) is 29.8 Å². The van der Waals surface area contributed by atoms with Crippen LogP contribution in [-0.2, 0) is 23.5 Å². The summed E-state index contributed by atoms with van der Waals surface area (Å²) in [4.78, 5) is 11.6. The summed E-state index contributed by atoms with van der Waals surface area (Å²) in [5.74, 6) is 0.0452. The first-order valence-electron chi connectivity index (χ1n) is 8.64. The summed E-state index contributed by atoms with van der Waals surface area (Å²) in [6, 6.07) is 25.7. The number of carbonyl (C=O) groups is 1. The number of hydrogen-bond donors (Lipinski definition) is 0. The van der Waals surface area contributed by atoms with Gasteiger partial charge in [0.1, 0.15) is 5.78 Å². The van der Waals surface area contributed by atoms with Gasteiger partial charge in [-0.1, -0.05) is 75.2 Å². The van der Waals surface area contributed by atoms with Crippen molar-refractivity contribution >= 4 is 11.9 Å². The van der Waals surface area contributed by atoms with Gasteiger partial charge in [-0.25, -0.2) is 12.1 Å². The van der Waals surface area contributed by atoms with Crippen molar-refractivity contribution in [2.75, 3.05) is 0 Å². The van der Waals surface area contributed by atoms with Gasteiger partial charge >= 0.3 is 17.1 Å². The second-order valence-electron chi connectivity index (χ2n) is 7.31. The first-order valence-corrected chi connectivity index (χ1v) is 8.64. The fourth-order valence-corrected chi connectivity index (χ4v) is 2.51. The van der Waals surface area contributed by atoms with E-state index in [1.807, 2.05) is 60.7 Å². The van der Waals surface area contributed by atoms with Gasteiger partial charge in [-0.05, 0) is 11.0 Å². The maximum absolute atomic E-state index is 11.6. The predicted octanol–water partition coefficient (Wildman–Crippen LogP) is 6.29. The van der Waals surface area contributed by atoms with Gasteiger partial charge < -0.3 is 4.79 Å². The summed E-state index contributed by atoms with van der Waals surface area (Å²) >= 11 is 0. The van der Waals surface area contributed by atoms with E-state index in [9.17, 15) is 4.79 Å². The number of allylic oxidation sites excluding steroid dienone is 1. The summed E-state index contributed by atoms with van der Waals surface area (Å²) in [5, 5.41) is 0. The Hall–Kier alpha value is -2.15. The average Bonchev–Trinajstić information content (AvgIpc) is 3.26. The number of carbonyl (C=O) groups excluding carboxylic acids is 1. The van der Waals surface area contributed by atoms with Crippen LogP contribution in [0.5, 0.6) is 0 Å². The molecule has 0 radical (unpaired) electrons. The second-order valence-corrected chi connectivity index (χ2v) is 7.31. The van der Waals surface area contributed by atoms with Crippen LogP contribution in [0.15, 0.2) is 84.9 Å². The van der Waals surface area contributed by atoms with Crippen LogP contribution >= 0.6 is 0 Å². The summed E-state index contributed by atoms with van der Waals surface area (Å²) in [6.45, 7) is 6.79. The third kappa shape index (κ3) is 8.29. The second kappa shape index (κ2) is 10.8. The molecule has 26 heavy (non-hydrogen) atoms. The van der Waals surface area contributed by atoms with Crippen LogP contribution in [-0.4, -0.2) is 5.78 Å². The topological polar surface area (TPSA) is 17.1 Å². The molecule has 136 valence electrons.